The van der Waals surface area contributed by atoms with Crippen molar-refractivity contribution in [1.29, 1.82) is 0 Å². The molecule has 0 aliphatic carbocycles. The Balaban J connectivity index is 2.82. The van der Waals surface area contributed by atoms with Crippen molar-refractivity contribution in [3.05, 3.63) is 24.3 Å². The van der Waals surface area contributed by atoms with Gasteiger partial charge in [-0.05, 0) is 13.8 Å². The third-order valence-corrected chi connectivity index (χ3v) is 4.90. The van der Waals surface area contributed by atoms with E-state index in [0.717, 1.165) is 0 Å². The molecule has 1 saturated heterocycles. The van der Waals surface area contributed by atoms with Crippen LogP contribution < -0.4 is 0 Å². The molecule has 1 aliphatic rings. The van der Waals surface area contributed by atoms with E-state index >= 15 is 0 Å². The maximum absolute atomic E-state index is 12.5. The lowest BCUT2D eigenvalue weighted by molar-refractivity contribution is -0.127. The second-order valence-corrected chi connectivity index (χ2v) is 6.84. The van der Waals surface area contributed by atoms with Crippen molar-refractivity contribution in [2.75, 3.05) is 6.61 Å². The molecule has 1 heterocycles. The number of Topliss-reactive ketones (excluding diaryl/α,β-unsaturated/α-hetero) is 2. The normalized spacial score (nSPS) is 27.6. The number of hydrogen-bond donors (Lipinski definition) is 3. The van der Waals surface area contributed by atoms with Crippen LogP contribution in [0.5, 0.6) is 0 Å². The number of rotatable bonds is 11. The Labute approximate surface area is 149 Å². The number of ketones is 2. The van der Waals surface area contributed by atoms with Crippen LogP contribution in [0.15, 0.2) is 24.3 Å². The molecule has 142 valence electrons. The predicted octanol–water partition coefficient (Wildman–Crippen LogP) is 1.18. The molecule has 0 amide bonds. The highest BCUT2D eigenvalue weighted by Crippen LogP contribution is 2.46. The molecule has 0 spiro atoms. The summed E-state index contributed by atoms with van der Waals surface area (Å²) in [5.74, 6) is -1.96. The summed E-state index contributed by atoms with van der Waals surface area (Å²) in [6.45, 7) is 10.1. The zero-order valence-electron chi connectivity index (χ0n) is 15.4. The Morgan fingerprint density at radius 1 is 1.36 bits per heavy atom. The number of hydrogen-bond acceptors (Lipinski definition) is 6. The minimum atomic E-state index is -1.31. The standard InChI is InChI=1S/C19H30O6/c1-6-8-11(3)18-19(5,25-18)17(24)14(10-20)16(23)12(4)15(22)9-13(21)7-2/h6,8,11,14-15,17-18,20,22,24H,4,7,9-10H2,1-3,5H3/b8-6-/t11-,14-,15?,17-,18+,19?/m0/s1. The molecular weight excluding hydrogens is 324 g/mol. The molecule has 6 atom stereocenters. The summed E-state index contributed by atoms with van der Waals surface area (Å²) in [6.07, 6.45) is 1.06. The van der Waals surface area contributed by atoms with Gasteiger partial charge in [0, 0.05) is 24.3 Å². The number of carbonyl (C=O) groups excluding carboxylic acids is 2. The van der Waals surface area contributed by atoms with Gasteiger partial charge in [-0.3, -0.25) is 9.59 Å². The summed E-state index contributed by atoms with van der Waals surface area (Å²) in [5.41, 5.74) is -1.13. The number of carbonyl (C=O) groups is 2. The lowest BCUT2D eigenvalue weighted by Crippen LogP contribution is -2.44. The van der Waals surface area contributed by atoms with Crippen LogP contribution in [0, 0.1) is 11.8 Å². The second-order valence-electron chi connectivity index (χ2n) is 6.84. The SMILES string of the molecule is C=C(C(=O)[C@H](CO)[C@H](O)C1(C)O[C@@H]1[C@@H](C)/C=C\C)C(O)CC(=O)CC. The highest BCUT2D eigenvalue weighted by molar-refractivity contribution is 5.98. The summed E-state index contributed by atoms with van der Waals surface area (Å²) >= 11 is 0. The van der Waals surface area contributed by atoms with Gasteiger partial charge in [-0.2, -0.15) is 0 Å². The average Bonchev–Trinajstić information content (AvgIpc) is 3.28. The molecule has 0 aromatic heterocycles. The number of aliphatic hydroxyl groups excluding tert-OH is 3. The fourth-order valence-electron chi connectivity index (χ4n) is 3.12. The summed E-state index contributed by atoms with van der Waals surface area (Å²) in [4.78, 5) is 24.0. The number of epoxide rings is 1. The van der Waals surface area contributed by atoms with Crippen molar-refractivity contribution < 1.29 is 29.6 Å². The fraction of sp³-hybridized carbons (Fsp3) is 0.684. The summed E-state index contributed by atoms with van der Waals surface area (Å²) < 4.78 is 5.62. The molecule has 0 aromatic rings. The molecule has 3 N–H and O–H groups in total. The van der Waals surface area contributed by atoms with Gasteiger partial charge in [0.1, 0.15) is 11.4 Å². The molecule has 6 nitrogen and oxygen atoms in total. The first kappa shape index (κ1) is 21.7. The molecule has 0 radical (unpaired) electrons. The zero-order chi connectivity index (χ0) is 19.4. The van der Waals surface area contributed by atoms with Crippen LogP contribution in [0.2, 0.25) is 0 Å². The lowest BCUT2D eigenvalue weighted by atomic mass is 9.81. The molecule has 0 bridgehead atoms. The molecule has 0 aromatic carbocycles. The van der Waals surface area contributed by atoms with Gasteiger partial charge in [0.05, 0.1) is 30.8 Å². The van der Waals surface area contributed by atoms with Gasteiger partial charge in [0.25, 0.3) is 0 Å². The molecule has 1 aliphatic heterocycles. The maximum Gasteiger partial charge on any atom is 0.168 e. The van der Waals surface area contributed by atoms with E-state index in [4.69, 9.17) is 4.74 Å². The van der Waals surface area contributed by atoms with E-state index in [2.05, 4.69) is 6.58 Å². The highest BCUT2D eigenvalue weighted by Gasteiger charge is 2.61. The van der Waals surface area contributed by atoms with Crippen molar-refractivity contribution in [2.45, 2.75) is 64.4 Å². The van der Waals surface area contributed by atoms with Crippen LogP contribution in [-0.4, -0.2) is 57.4 Å². The van der Waals surface area contributed by atoms with Crippen LogP contribution in [0.1, 0.15) is 40.5 Å². The smallest absolute Gasteiger partial charge is 0.168 e. The van der Waals surface area contributed by atoms with Crippen molar-refractivity contribution in [1.82, 2.24) is 0 Å². The van der Waals surface area contributed by atoms with E-state index in [1.807, 2.05) is 26.0 Å². The average molecular weight is 354 g/mol. The predicted molar refractivity (Wildman–Crippen MR) is 93.9 cm³/mol. The van der Waals surface area contributed by atoms with Crippen LogP contribution in [0.4, 0.5) is 0 Å². The molecule has 1 fully saturated rings. The van der Waals surface area contributed by atoms with Crippen LogP contribution in [0.3, 0.4) is 0 Å². The first-order valence-corrected chi connectivity index (χ1v) is 8.66. The van der Waals surface area contributed by atoms with Crippen molar-refractivity contribution in [2.24, 2.45) is 11.8 Å². The molecule has 25 heavy (non-hydrogen) atoms. The van der Waals surface area contributed by atoms with Crippen molar-refractivity contribution in [3.63, 3.8) is 0 Å². The molecule has 2 unspecified atom stereocenters. The summed E-state index contributed by atoms with van der Waals surface area (Å²) in [7, 11) is 0. The second kappa shape index (κ2) is 8.85. The topological polar surface area (TPSA) is 107 Å². The van der Waals surface area contributed by atoms with Gasteiger partial charge >= 0.3 is 0 Å². The zero-order valence-corrected chi connectivity index (χ0v) is 15.4. The third kappa shape index (κ3) is 4.85. The van der Waals surface area contributed by atoms with Crippen LogP contribution in [-0.2, 0) is 14.3 Å². The fourth-order valence-corrected chi connectivity index (χ4v) is 3.12. The first-order chi connectivity index (χ1) is 11.6. The largest absolute Gasteiger partial charge is 0.396 e. The van der Waals surface area contributed by atoms with Crippen LogP contribution >= 0.6 is 0 Å². The minimum absolute atomic E-state index is 0.0510. The maximum atomic E-state index is 12.5. The molecule has 1 rings (SSSR count). The van der Waals surface area contributed by atoms with Crippen molar-refractivity contribution >= 4 is 11.6 Å². The number of aliphatic hydroxyl groups is 3. The Kier molecular flexibility index (Phi) is 7.68. The van der Waals surface area contributed by atoms with Gasteiger partial charge in [-0.1, -0.05) is 32.6 Å². The third-order valence-electron chi connectivity index (χ3n) is 4.90. The Morgan fingerprint density at radius 2 is 1.96 bits per heavy atom. The molecule has 0 saturated carbocycles. The molecular formula is C19H30O6. The van der Waals surface area contributed by atoms with Gasteiger partial charge in [0.2, 0.25) is 0 Å². The Hall–Kier alpha value is -1.34. The van der Waals surface area contributed by atoms with Gasteiger partial charge in [-0.25, -0.2) is 0 Å². The Morgan fingerprint density at radius 3 is 2.44 bits per heavy atom. The quantitative estimate of drug-likeness (QED) is 0.292. The number of allylic oxidation sites excluding steroid dienone is 1. The minimum Gasteiger partial charge on any atom is -0.396 e. The summed E-state index contributed by atoms with van der Waals surface area (Å²) in [5, 5.41) is 30.2. The van der Waals surface area contributed by atoms with Gasteiger partial charge in [0.15, 0.2) is 5.78 Å². The lowest BCUT2D eigenvalue weighted by Gasteiger charge is -2.26. The van der Waals surface area contributed by atoms with E-state index in [0.29, 0.717) is 0 Å². The van der Waals surface area contributed by atoms with E-state index in [-0.39, 0.29) is 36.2 Å². The highest BCUT2D eigenvalue weighted by atomic mass is 16.6. The first-order valence-electron chi connectivity index (χ1n) is 8.66. The molecule has 6 heteroatoms. The van der Waals surface area contributed by atoms with Gasteiger partial charge < -0.3 is 20.1 Å². The van der Waals surface area contributed by atoms with E-state index in [1.54, 1.807) is 13.8 Å². The number of ether oxygens (including phenoxy) is 1. The van der Waals surface area contributed by atoms with Gasteiger partial charge in [-0.15, -0.1) is 0 Å². The monoisotopic (exact) mass is 354 g/mol. The van der Waals surface area contributed by atoms with Crippen molar-refractivity contribution in [3.8, 4) is 0 Å². The van der Waals surface area contributed by atoms with E-state index in [9.17, 15) is 24.9 Å². The van der Waals surface area contributed by atoms with E-state index < -0.39 is 36.1 Å². The summed E-state index contributed by atoms with van der Waals surface area (Å²) in [6, 6.07) is 0. The van der Waals surface area contributed by atoms with Crippen LogP contribution in [0.25, 0.3) is 0 Å². The van der Waals surface area contributed by atoms with E-state index in [1.165, 1.54) is 0 Å². The Bertz CT molecular complexity index is 540.